The van der Waals surface area contributed by atoms with Gasteiger partial charge in [-0.1, -0.05) is 42.5 Å². The van der Waals surface area contributed by atoms with Crippen LogP contribution in [0.5, 0.6) is 5.75 Å². The summed E-state index contributed by atoms with van der Waals surface area (Å²) in [5, 5.41) is 12.0. The molecule has 0 saturated heterocycles. The van der Waals surface area contributed by atoms with Crippen LogP contribution in [0.25, 0.3) is 0 Å². The molecule has 128 valence electrons. The number of esters is 1. The molecular formula is C20H20N2O3. The zero-order chi connectivity index (χ0) is 17.9. The largest absolute Gasteiger partial charge is 0.489 e. The Morgan fingerprint density at radius 3 is 2.64 bits per heavy atom. The molecule has 2 aromatic carbocycles. The first kappa shape index (κ1) is 18.1. The fourth-order valence-corrected chi connectivity index (χ4v) is 2.16. The predicted octanol–water partition coefficient (Wildman–Crippen LogP) is 2.98. The smallest absolute Gasteiger partial charge is 0.325 e. The number of nitriles is 1. The third-order valence-corrected chi connectivity index (χ3v) is 3.44. The summed E-state index contributed by atoms with van der Waals surface area (Å²) in [4.78, 5) is 11.1. The summed E-state index contributed by atoms with van der Waals surface area (Å²) in [5.74, 6) is 0.367. The number of rotatable bonds is 8. The van der Waals surface area contributed by atoms with E-state index in [0.717, 1.165) is 16.9 Å². The Labute approximate surface area is 147 Å². The minimum absolute atomic E-state index is 0.0297. The molecule has 2 rings (SSSR count). The summed E-state index contributed by atoms with van der Waals surface area (Å²) in [6.07, 6.45) is 1.99. The van der Waals surface area contributed by atoms with Crippen LogP contribution in [0.1, 0.15) is 11.1 Å². The number of carbonyl (C=O) groups is 1. The minimum Gasteiger partial charge on any atom is -0.489 e. The zero-order valence-electron chi connectivity index (χ0n) is 14.1. The second-order valence-corrected chi connectivity index (χ2v) is 5.34. The summed E-state index contributed by atoms with van der Waals surface area (Å²) in [6.45, 7) is 0.522. The maximum absolute atomic E-state index is 11.1. The quantitative estimate of drug-likeness (QED) is 0.593. The van der Waals surface area contributed by atoms with E-state index in [2.05, 4.69) is 16.1 Å². The van der Waals surface area contributed by atoms with E-state index < -0.39 is 0 Å². The molecule has 0 aromatic heterocycles. The van der Waals surface area contributed by atoms with Crippen molar-refractivity contribution < 1.29 is 14.3 Å². The Kier molecular flexibility index (Phi) is 7.08. The molecule has 0 unspecified atom stereocenters. The van der Waals surface area contributed by atoms with E-state index in [1.54, 1.807) is 0 Å². The van der Waals surface area contributed by atoms with Crippen molar-refractivity contribution >= 4 is 5.97 Å². The van der Waals surface area contributed by atoms with Gasteiger partial charge in [-0.05, 0) is 23.3 Å². The average molecular weight is 336 g/mol. The van der Waals surface area contributed by atoms with E-state index in [1.165, 1.54) is 13.3 Å². The van der Waals surface area contributed by atoms with Gasteiger partial charge in [0.15, 0.2) is 0 Å². The summed E-state index contributed by atoms with van der Waals surface area (Å²) < 4.78 is 10.3. The van der Waals surface area contributed by atoms with Crippen molar-refractivity contribution in [3.63, 3.8) is 0 Å². The Balaban J connectivity index is 1.94. The first-order valence-electron chi connectivity index (χ1n) is 7.86. The molecule has 0 atom stereocenters. The Morgan fingerprint density at radius 1 is 1.16 bits per heavy atom. The van der Waals surface area contributed by atoms with Crippen LogP contribution in [0.2, 0.25) is 0 Å². The zero-order valence-corrected chi connectivity index (χ0v) is 14.1. The molecule has 0 bridgehead atoms. The highest BCUT2D eigenvalue weighted by Gasteiger charge is 2.03. The molecule has 1 N–H and O–H groups in total. The van der Waals surface area contributed by atoms with E-state index in [1.807, 2.05) is 54.6 Å². The molecule has 0 amide bonds. The number of benzene rings is 2. The molecule has 25 heavy (non-hydrogen) atoms. The molecule has 0 fully saturated rings. The number of hydrogen-bond acceptors (Lipinski definition) is 5. The minimum atomic E-state index is -0.384. The highest BCUT2D eigenvalue weighted by Crippen LogP contribution is 2.17. The Hall–Kier alpha value is -3.26. The molecule has 0 radical (unpaired) electrons. The van der Waals surface area contributed by atoms with Gasteiger partial charge in [-0.15, -0.1) is 0 Å². The van der Waals surface area contributed by atoms with Gasteiger partial charge in [0.25, 0.3) is 0 Å². The van der Waals surface area contributed by atoms with Crippen LogP contribution >= 0.6 is 0 Å². The van der Waals surface area contributed by atoms with Crippen molar-refractivity contribution in [3.05, 3.63) is 77.5 Å². The van der Waals surface area contributed by atoms with Crippen LogP contribution in [0, 0.1) is 11.3 Å². The molecule has 0 aliphatic carbocycles. The maximum atomic E-state index is 11.1. The van der Waals surface area contributed by atoms with Crippen LogP contribution in [0.4, 0.5) is 0 Å². The van der Waals surface area contributed by atoms with Crippen molar-refractivity contribution in [2.24, 2.45) is 0 Å². The lowest BCUT2D eigenvalue weighted by Crippen LogP contribution is -2.19. The molecule has 5 heteroatoms. The van der Waals surface area contributed by atoms with Crippen molar-refractivity contribution in [2.75, 3.05) is 13.7 Å². The molecular weight excluding hydrogens is 316 g/mol. The number of hydrogen-bond donors (Lipinski definition) is 1. The van der Waals surface area contributed by atoms with Crippen molar-refractivity contribution in [2.45, 2.75) is 13.0 Å². The number of ether oxygens (including phenoxy) is 2. The lowest BCUT2D eigenvalue weighted by atomic mass is 10.1. The first-order chi connectivity index (χ1) is 12.2. The van der Waals surface area contributed by atoms with Gasteiger partial charge in [-0.3, -0.25) is 4.79 Å². The average Bonchev–Trinajstić information content (AvgIpc) is 2.66. The summed E-state index contributed by atoms with van der Waals surface area (Å²) >= 11 is 0. The van der Waals surface area contributed by atoms with E-state index in [4.69, 9.17) is 4.74 Å². The maximum Gasteiger partial charge on any atom is 0.325 e. The first-order valence-corrected chi connectivity index (χ1v) is 7.86. The van der Waals surface area contributed by atoms with Crippen LogP contribution in [-0.2, 0) is 22.6 Å². The summed E-state index contributed by atoms with van der Waals surface area (Å²) in [7, 11) is 1.32. The van der Waals surface area contributed by atoms with Crippen LogP contribution in [-0.4, -0.2) is 19.6 Å². The number of nitrogens with one attached hydrogen (secondary N) is 1. The molecule has 0 heterocycles. The Morgan fingerprint density at radius 2 is 1.92 bits per heavy atom. The predicted molar refractivity (Wildman–Crippen MR) is 94.6 cm³/mol. The van der Waals surface area contributed by atoms with Gasteiger partial charge in [-0.25, -0.2) is 0 Å². The number of methoxy groups -OCH3 is 1. The highest BCUT2D eigenvalue weighted by molar-refractivity contribution is 5.71. The SMILES string of the molecule is COC(=O)CN/C=C(/C#N)Cc1cccc(OCc2ccccc2)c1. The van der Waals surface area contributed by atoms with Gasteiger partial charge in [0.1, 0.15) is 18.9 Å². The number of nitrogens with zero attached hydrogens (tertiary/aromatic N) is 1. The fraction of sp³-hybridized carbons (Fsp3) is 0.200. The monoisotopic (exact) mass is 336 g/mol. The number of carbonyl (C=O) groups excluding carboxylic acids is 1. The normalized spacial score (nSPS) is 10.6. The van der Waals surface area contributed by atoms with E-state index >= 15 is 0 Å². The van der Waals surface area contributed by atoms with E-state index in [0.29, 0.717) is 18.6 Å². The van der Waals surface area contributed by atoms with Crippen LogP contribution < -0.4 is 10.1 Å². The summed E-state index contributed by atoms with van der Waals surface area (Å²) in [5.41, 5.74) is 2.57. The Bertz CT molecular complexity index is 764. The lowest BCUT2D eigenvalue weighted by Gasteiger charge is -2.08. The van der Waals surface area contributed by atoms with Gasteiger partial charge in [0, 0.05) is 18.2 Å². The third kappa shape index (κ3) is 6.40. The van der Waals surface area contributed by atoms with Crippen molar-refractivity contribution in [1.29, 1.82) is 5.26 Å². The topological polar surface area (TPSA) is 71.3 Å². The van der Waals surface area contributed by atoms with Gasteiger partial charge < -0.3 is 14.8 Å². The van der Waals surface area contributed by atoms with E-state index in [9.17, 15) is 10.1 Å². The van der Waals surface area contributed by atoms with Crippen molar-refractivity contribution in [1.82, 2.24) is 5.32 Å². The molecule has 0 aliphatic rings. The van der Waals surface area contributed by atoms with Gasteiger partial charge in [0.2, 0.25) is 0 Å². The number of allylic oxidation sites excluding steroid dienone is 1. The van der Waals surface area contributed by atoms with Crippen LogP contribution in [0.3, 0.4) is 0 Å². The molecule has 2 aromatic rings. The van der Waals surface area contributed by atoms with Gasteiger partial charge >= 0.3 is 5.97 Å². The molecule has 0 saturated carbocycles. The fourth-order valence-electron chi connectivity index (χ4n) is 2.16. The lowest BCUT2D eigenvalue weighted by molar-refractivity contribution is -0.139. The van der Waals surface area contributed by atoms with Crippen molar-refractivity contribution in [3.8, 4) is 11.8 Å². The second-order valence-electron chi connectivity index (χ2n) is 5.34. The van der Waals surface area contributed by atoms with E-state index in [-0.39, 0.29) is 12.5 Å². The molecule has 5 nitrogen and oxygen atoms in total. The second kappa shape index (κ2) is 9.78. The van der Waals surface area contributed by atoms with Gasteiger partial charge in [-0.2, -0.15) is 5.26 Å². The van der Waals surface area contributed by atoms with Gasteiger partial charge in [0.05, 0.1) is 13.2 Å². The summed E-state index contributed by atoms with van der Waals surface area (Å²) in [6, 6.07) is 19.7. The molecule has 0 spiro atoms. The standard InChI is InChI=1S/C20H20N2O3/c1-24-20(23)14-22-13-18(12-21)10-17-8-5-9-19(11-17)25-15-16-6-3-2-4-7-16/h2-9,11,13,22H,10,14-15H2,1H3/b18-13+. The third-order valence-electron chi connectivity index (χ3n) is 3.44. The highest BCUT2D eigenvalue weighted by atomic mass is 16.5. The molecule has 0 aliphatic heterocycles. The van der Waals surface area contributed by atoms with Crippen LogP contribution in [0.15, 0.2) is 66.4 Å².